The predicted molar refractivity (Wildman–Crippen MR) is 70.8 cm³/mol. The summed E-state index contributed by atoms with van der Waals surface area (Å²) in [4.78, 5) is 11.7. The molecule has 0 spiro atoms. The number of aliphatic hydroxyl groups excluding tert-OH is 1. The van der Waals surface area contributed by atoms with Crippen molar-refractivity contribution in [1.29, 1.82) is 0 Å². The second kappa shape index (κ2) is 7.67. The highest BCUT2D eigenvalue weighted by molar-refractivity contribution is 5.81. The second-order valence-electron chi connectivity index (χ2n) is 5.76. The first-order chi connectivity index (χ1) is 7.78. The van der Waals surface area contributed by atoms with E-state index < -0.39 is 0 Å². The molecule has 0 aliphatic heterocycles. The zero-order chi connectivity index (χ0) is 13.5. The van der Waals surface area contributed by atoms with Crippen molar-refractivity contribution in [2.75, 3.05) is 13.2 Å². The summed E-state index contributed by atoms with van der Waals surface area (Å²) in [6.45, 7) is 11.1. The molecule has 0 saturated carbocycles. The van der Waals surface area contributed by atoms with Crippen LogP contribution in [0.2, 0.25) is 0 Å². The number of rotatable bonds is 8. The van der Waals surface area contributed by atoms with Crippen molar-refractivity contribution < 1.29 is 9.90 Å². The average molecular weight is 244 g/mol. The van der Waals surface area contributed by atoms with Gasteiger partial charge in [-0.05, 0) is 39.0 Å². The van der Waals surface area contributed by atoms with Crippen LogP contribution in [0.25, 0.3) is 0 Å². The third-order valence-corrected chi connectivity index (χ3v) is 2.72. The molecule has 0 aromatic carbocycles. The minimum atomic E-state index is -0.175. The topological polar surface area (TPSA) is 61.4 Å². The van der Waals surface area contributed by atoms with Gasteiger partial charge >= 0.3 is 0 Å². The minimum Gasteiger partial charge on any atom is -0.396 e. The van der Waals surface area contributed by atoms with Crippen LogP contribution >= 0.6 is 0 Å². The maximum Gasteiger partial charge on any atom is 0.237 e. The Hall–Kier alpha value is -0.610. The van der Waals surface area contributed by atoms with Gasteiger partial charge < -0.3 is 15.7 Å². The Balaban J connectivity index is 3.96. The van der Waals surface area contributed by atoms with Crippen LogP contribution in [0, 0.1) is 5.41 Å². The van der Waals surface area contributed by atoms with E-state index in [2.05, 4.69) is 24.5 Å². The summed E-state index contributed by atoms with van der Waals surface area (Å²) in [5.41, 5.74) is 0.106. The lowest BCUT2D eigenvalue weighted by molar-refractivity contribution is -0.123. The van der Waals surface area contributed by atoms with Crippen molar-refractivity contribution in [3.05, 3.63) is 0 Å². The van der Waals surface area contributed by atoms with Gasteiger partial charge in [-0.15, -0.1) is 0 Å². The van der Waals surface area contributed by atoms with Gasteiger partial charge in [-0.25, -0.2) is 0 Å². The fourth-order valence-electron chi connectivity index (χ4n) is 1.58. The number of carbonyl (C=O) groups excluding carboxylic acids is 1. The third-order valence-electron chi connectivity index (χ3n) is 2.72. The molecule has 1 amide bonds. The molecule has 0 fully saturated rings. The maximum absolute atomic E-state index is 11.7. The third kappa shape index (κ3) is 8.16. The first kappa shape index (κ1) is 16.4. The Bertz CT molecular complexity index is 227. The average Bonchev–Trinajstić information content (AvgIpc) is 2.22. The lowest BCUT2D eigenvalue weighted by Gasteiger charge is -2.27. The molecule has 4 heteroatoms. The zero-order valence-electron chi connectivity index (χ0n) is 11.8. The van der Waals surface area contributed by atoms with Gasteiger partial charge in [0, 0.05) is 19.2 Å². The van der Waals surface area contributed by atoms with Crippen LogP contribution < -0.4 is 10.6 Å². The molecule has 3 N–H and O–H groups in total. The molecule has 0 aliphatic carbocycles. The summed E-state index contributed by atoms with van der Waals surface area (Å²) in [5.74, 6) is 0.0398. The normalized spacial score (nSPS) is 13.8. The number of hydrogen-bond acceptors (Lipinski definition) is 3. The monoisotopic (exact) mass is 244 g/mol. The molecule has 102 valence electrons. The van der Waals surface area contributed by atoms with E-state index in [-0.39, 0.29) is 30.0 Å². The maximum atomic E-state index is 11.7. The molecular weight excluding hydrogens is 216 g/mol. The van der Waals surface area contributed by atoms with Crippen LogP contribution in [-0.4, -0.2) is 36.2 Å². The van der Waals surface area contributed by atoms with E-state index in [4.69, 9.17) is 5.11 Å². The molecule has 0 heterocycles. The van der Waals surface area contributed by atoms with Gasteiger partial charge in [-0.2, -0.15) is 0 Å². The molecule has 1 atom stereocenters. The Morgan fingerprint density at radius 2 is 1.88 bits per heavy atom. The van der Waals surface area contributed by atoms with Crippen molar-refractivity contribution in [3.63, 3.8) is 0 Å². The molecule has 0 rings (SSSR count). The Morgan fingerprint density at radius 1 is 1.29 bits per heavy atom. The van der Waals surface area contributed by atoms with Crippen LogP contribution in [0.5, 0.6) is 0 Å². The highest BCUT2D eigenvalue weighted by Gasteiger charge is 2.20. The van der Waals surface area contributed by atoms with Crippen LogP contribution in [0.4, 0.5) is 0 Å². The lowest BCUT2D eigenvalue weighted by atomic mass is 9.87. The molecule has 0 aromatic heterocycles. The number of hydrogen-bond donors (Lipinski definition) is 3. The van der Waals surface area contributed by atoms with Gasteiger partial charge in [0.15, 0.2) is 0 Å². The van der Waals surface area contributed by atoms with Crippen LogP contribution in [-0.2, 0) is 4.79 Å². The molecule has 4 nitrogen and oxygen atoms in total. The highest BCUT2D eigenvalue weighted by atomic mass is 16.2. The van der Waals surface area contributed by atoms with Gasteiger partial charge in [-0.1, -0.05) is 13.8 Å². The van der Waals surface area contributed by atoms with E-state index in [0.29, 0.717) is 0 Å². The number of nitrogens with one attached hydrogen (secondary N) is 2. The summed E-state index contributed by atoms with van der Waals surface area (Å²) in [7, 11) is 0. The second-order valence-corrected chi connectivity index (χ2v) is 5.76. The van der Waals surface area contributed by atoms with Crippen molar-refractivity contribution in [1.82, 2.24) is 10.6 Å². The van der Waals surface area contributed by atoms with Crippen LogP contribution in [0.3, 0.4) is 0 Å². The van der Waals surface area contributed by atoms with E-state index in [1.807, 2.05) is 20.8 Å². The lowest BCUT2D eigenvalue weighted by Crippen LogP contribution is -2.47. The van der Waals surface area contributed by atoms with Gasteiger partial charge in [0.05, 0.1) is 6.04 Å². The van der Waals surface area contributed by atoms with Gasteiger partial charge in [0.2, 0.25) is 5.91 Å². The molecule has 0 aromatic rings. The zero-order valence-corrected chi connectivity index (χ0v) is 11.8. The number of carbonyl (C=O) groups is 1. The number of aliphatic hydroxyl groups is 1. The SMILES string of the molecule is CC(C)NC(=O)C(C)NCC(C)(C)CCCO. The Kier molecular flexibility index (Phi) is 7.39. The van der Waals surface area contributed by atoms with Crippen LogP contribution in [0.15, 0.2) is 0 Å². The minimum absolute atomic E-state index is 0.0398. The standard InChI is InChI=1S/C13H28N2O2/c1-10(2)15-12(17)11(3)14-9-13(4,5)7-6-8-16/h10-11,14,16H,6-9H2,1-5H3,(H,15,17). The van der Waals surface area contributed by atoms with Crippen molar-refractivity contribution in [3.8, 4) is 0 Å². The molecular formula is C13H28N2O2. The quantitative estimate of drug-likeness (QED) is 0.603. The summed E-state index contributed by atoms with van der Waals surface area (Å²) >= 11 is 0. The Labute approximate surface area is 105 Å². The molecule has 17 heavy (non-hydrogen) atoms. The molecule has 0 radical (unpaired) electrons. The molecule has 1 unspecified atom stereocenters. The smallest absolute Gasteiger partial charge is 0.237 e. The first-order valence-corrected chi connectivity index (χ1v) is 6.43. The van der Waals surface area contributed by atoms with E-state index in [9.17, 15) is 4.79 Å². The van der Waals surface area contributed by atoms with Crippen molar-refractivity contribution >= 4 is 5.91 Å². The van der Waals surface area contributed by atoms with E-state index >= 15 is 0 Å². The first-order valence-electron chi connectivity index (χ1n) is 6.43. The van der Waals surface area contributed by atoms with Gasteiger partial charge in [0.1, 0.15) is 0 Å². The van der Waals surface area contributed by atoms with Gasteiger partial charge in [0.25, 0.3) is 0 Å². The largest absolute Gasteiger partial charge is 0.396 e. The summed E-state index contributed by atoms with van der Waals surface area (Å²) in [5, 5.41) is 14.9. The van der Waals surface area contributed by atoms with E-state index in [0.717, 1.165) is 19.4 Å². The fraction of sp³-hybridized carbons (Fsp3) is 0.923. The molecule has 0 bridgehead atoms. The van der Waals surface area contributed by atoms with Crippen LogP contribution in [0.1, 0.15) is 47.5 Å². The predicted octanol–water partition coefficient (Wildman–Crippen LogP) is 1.29. The summed E-state index contributed by atoms with van der Waals surface area (Å²) in [6.07, 6.45) is 1.76. The van der Waals surface area contributed by atoms with Crippen molar-refractivity contribution in [2.45, 2.75) is 59.5 Å². The van der Waals surface area contributed by atoms with E-state index in [1.165, 1.54) is 0 Å². The number of amides is 1. The van der Waals surface area contributed by atoms with E-state index in [1.54, 1.807) is 0 Å². The Morgan fingerprint density at radius 3 is 2.35 bits per heavy atom. The molecule has 0 saturated heterocycles. The fourth-order valence-corrected chi connectivity index (χ4v) is 1.58. The summed E-state index contributed by atoms with van der Waals surface area (Å²) in [6, 6.07) is -0.0000457. The summed E-state index contributed by atoms with van der Waals surface area (Å²) < 4.78 is 0. The van der Waals surface area contributed by atoms with Gasteiger partial charge in [-0.3, -0.25) is 4.79 Å². The van der Waals surface area contributed by atoms with Crippen molar-refractivity contribution in [2.24, 2.45) is 5.41 Å². The molecule has 0 aliphatic rings. The highest BCUT2D eigenvalue weighted by Crippen LogP contribution is 2.20.